The normalized spacial score (nSPS) is 52.0. The average Bonchev–Trinajstić information content (AvgIpc) is 3.07. The summed E-state index contributed by atoms with van der Waals surface area (Å²) in [5.41, 5.74) is 0.513. The molecule has 2 nitrogen and oxygen atoms in total. The zero-order valence-electron chi connectivity index (χ0n) is 16.0. The Hall–Kier alpha value is -0.0800. The van der Waals surface area contributed by atoms with Crippen molar-refractivity contribution in [2.24, 2.45) is 34.0 Å². The van der Waals surface area contributed by atoms with Gasteiger partial charge < -0.3 is 10.2 Å². The molecule has 0 aromatic carbocycles. The molecule has 3 aliphatic carbocycles. The number of rotatable bonds is 4. The topological polar surface area (TPSA) is 40.5 Å². The van der Waals surface area contributed by atoms with Gasteiger partial charge in [-0.1, -0.05) is 34.1 Å². The van der Waals surface area contributed by atoms with Crippen molar-refractivity contribution >= 4 is 0 Å². The van der Waals surface area contributed by atoms with Crippen molar-refractivity contribution in [1.82, 2.24) is 0 Å². The molecule has 3 aliphatic rings. The second-order valence-electron chi connectivity index (χ2n) is 10.6. The van der Waals surface area contributed by atoms with Crippen molar-refractivity contribution < 1.29 is 10.2 Å². The van der Waals surface area contributed by atoms with Crippen LogP contribution in [0.15, 0.2) is 0 Å². The third-order valence-electron chi connectivity index (χ3n) is 8.52. The van der Waals surface area contributed by atoms with Crippen LogP contribution in [0, 0.1) is 34.0 Å². The summed E-state index contributed by atoms with van der Waals surface area (Å²) in [6.45, 7) is 12.2. The Morgan fingerprint density at radius 1 is 1.00 bits per heavy atom. The Morgan fingerprint density at radius 2 is 1.70 bits per heavy atom. The lowest BCUT2D eigenvalue weighted by molar-refractivity contribution is -0.170. The van der Waals surface area contributed by atoms with Crippen molar-refractivity contribution in [2.45, 2.75) is 91.6 Å². The number of fused-ring (bicyclic) bond motifs is 1. The van der Waals surface area contributed by atoms with Crippen molar-refractivity contribution in [3.05, 3.63) is 0 Å². The van der Waals surface area contributed by atoms with E-state index in [9.17, 15) is 10.2 Å². The summed E-state index contributed by atoms with van der Waals surface area (Å²) in [4.78, 5) is 0. The van der Waals surface area contributed by atoms with E-state index in [0.29, 0.717) is 29.3 Å². The standard InChI is InChI=1S/C21H38O2/c1-18(2)9-6-10-20(4)16(18)8-12-21(5,23)17(20)7-11-19(3)13-15(19)14-22/h15-17,22-23H,6-14H2,1-5H3. The van der Waals surface area contributed by atoms with Crippen molar-refractivity contribution in [2.75, 3.05) is 6.61 Å². The largest absolute Gasteiger partial charge is 0.396 e. The summed E-state index contributed by atoms with van der Waals surface area (Å²) in [5.74, 6) is 1.65. The van der Waals surface area contributed by atoms with Crippen LogP contribution in [0.1, 0.15) is 86.0 Å². The first-order valence-corrected chi connectivity index (χ1v) is 9.88. The van der Waals surface area contributed by atoms with Gasteiger partial charge in [-0.05, 0) is 85.9 Å². The van der Waals surface area contributed by atoms with E-state index < -0.39 is 5.60 Å². The van der Waals surface area contributed by atoms with Crippen LogP contribution in [0.4, 0.5) is 0 Å². The zero-order chi connectivity index (χ0) is 17.1. The molecule has 0 radical (unpaired) electrons. The fraction of sp³-hybridized carbons (Fsp3) is 1.00. The lowest BCUT2D eigenvalue weighted by atomic mass is 9.45. The quantitative estimate of drug-likeness (QED) is 0.782. The first-order chi connectivity index (χ1) is 10.6. The van der Waals surface area contributed by atoms with Gasteiger partial charge in [-0.25, -0.2) is 0 Å². The molecule has 0 amide bonds. The smallest absolute Gasteiger partial charge is 0.0653 e. The minimum absolute atomic E-state index is 0.281. The van der Waals surface area contributed by atoms with E-state index >= 15 is 0 Å². The van der Waals surface area contributed by atoms with Gasteiger partial charge in [0, 0.05) is 6.61 Å². The fourth-order valence-electron chi connectivity index (χ4n) is 6.83. The van der Waals surface area contributed by atoms with Crippen molar-refractivity contribution in [1.29, 1.82) is 0 Å². The van der Waals surface area contributed by atoms with E-state index in [-0.39, 0.29) is 5.41 Å². The Morgan fingerprint density at radius 3 is 2.30 bits per heavy atom. The van der Waals surface area contributed by atoms with Gasteiger partial charge in [0.2, 0.25) is 0 Å². The van der Waals surface area contributed by atoms with E-state index in [4.69, 9.17) is 0 Å². The highest BCUT2D eigenvalue weighted by Crippen LogP contribution is 2.64. The van der Waals surface area contributed by atoms with Gasteiger partial charge in [0.15, 0.2) is 0 Å². The lowest BCUT2D eigenvalue weighted by Gasteiger charge is -2.61. The Kier molecular flexibility index (Phi) is 4.21. The fourth-order valence-corrected chi connectivity index (χ4v) is 6.83. The molecular formula is C21H38O2. The third-order valence-corrected chi connectivity index (χ3v) is 8.52. The van der Waals surface area contributed by atoms with Crippen LogP contribution < -0.4 is 0 Å². The molecule has 2 heteroatoms. The number of aliphatic hydroxyl groups excluding tert-OH is 1. The minimum atomic E-state index is -0.515. The first kappa shape index (κ1) is 17.7. The first-order valence-electron chi connectivity index (χ1n) is 9.88. The second kappa shape index (κ2) is 5.46. The molecule has 0 heterocycles. The molecular weight excluding hydrogens is 284 g/mol. The molecule has 0 saturated heterocycles. The zero-order valence-corrected chi connectivity index (χ0v) is 16.0. The maximum atomic E-state index is 11.2. The molecule has 134 valence electrons. The molecule has 0 aromatic heterocycles. The van der Waals surface area contributed by atoms with Gasteiger partial charge in [-0.15, -0.1) is 0 Å². The average molecular weight is 323 g/mol. The predicted octanol–water partition coefficient (Wildman–Crippen LogP) is 4.78. The monoisotopic (exact) mass is 322 g/mol. The molecule has 0 spiro atoms. The molecule has 6 unspecified atom stereocenters. The van der Waals surface area contributed by atoms with E-state index in [1.54, 1.807) is 0 Å². The number of aliphatic hydroxyl groups is 2. The Bertz CT molecular complexity index is 455. The summed E-state index contributed by atoms with van der Waals surface area (Å²) in [6.07, 6.45) is 9.54. The Balaban J connectivity index is 1.80. The van der Waals surface area contributed by atoms with Gasteiger partial charge in [0.1, 0.15) is 0 Å². The van der Waals surface area contributed by atoms with Crippen LogP contribution in [0.5, 0.6) is 0 Å². The van der Waals surface area contributed by atoms with Crippen molar-refractivity contribution in [3.8, 4) is 0 Å². The highest BCUT2D eigenvalue weighted by Gasteiger charge is 2.58. The lowest BCUT2D eigenvalue weighted by Crippen LogP contribution is -2.57. The summed E-state index contributed by atoms with van der Waals surface area (Å²) in [6, 6.07) is 0. The molecule has 3 rings (SSSR count). The molecule has 2 N–H and O–H groups in total. The molecule has 3 saturated carbocycles. The van der Waals surface area contributed by atoms with Crippen LogP contribution in [-0.4, -0.2) is 22.4 Å². The maximum Gasteiger partial charge on any atom is 0.0653 e. The highest BCUT2D eigenvalue weighted by molar-refractivity contribution is 5.08. The van der Waals surface area contributed by atoms with Crippen molar-refractivity contribution in [3.63, 3.8) is 0 Å². The summed E-state index contributed by atoms with van der Waals surface area (Å²) in [7, 11) is 0. The number of hydrogen-bond donors (Lipinski definition) is 2. The molecule has 0 aromatic rings. The van der Waals surface area contributed by atoms with E-state index in [0.717, 1.165) is 18.8 Å². The molecule has 0 aliphatic heterocycles. The van der Waals surface area contributed by atoms with Crippen LogP contribution >= 0.6 is 0 Å². The van der Waals surface area contributed by atoms with Crippen LogP contribution in [-0.2, 0) is 0 Å². The van der Waals surface area contributed by atoms with Crippen LogP contribution in [0.2, 0.25) is 0 Å². The van der Waals surface area contributed by atoms with Crippen LogP contribution in [0.25, 0.3) is 0 Å². The van der Waals surface area contributed by atoms with Gasteiger partial charge in [-0.2, -0.15) is 0 Å². The van der Waals surface area contributed by atoms with E-state index in [2.05, 4.69) is 34.6 Å². The minimum Gasteiger partial charge on any atom is -0.396 e. The van der Waals surface area contributed by atoms with E-state index in [1.165, 1.54) is 38.5 Å². The molecule has 0 bridgehead atoms. The van der Waals surface area contributed by atoms with Gasteiger partial charge >= 0.3 is 0 Å². The highest BCUT2D eigenvalue weighted by atomic mass is 16.3. The van der Waals surface area contributed by atoms with Gasteiger partial charge in [0.25, 0.3) is 0 Å². The summed E-state index contributed by atoms with van der Waals surface area (Å²) >= 11 is 0. The molecule has 3 fully saturated rings. The number of hydrogen-bond acceptors (Lipinski definition) is 2. The third kappa shape index (κ3) is 2.88. The Labute approximate surface area is 143 Å². The summed E-state index contributed by atoms with van der Waals surface area (Å²) < 4.78 is 0. The second-order valence-corrected chi connectivity index (χ2v) is 10.6. The maximum absolute atomic E-state index is 11.2. The summed E-state index contributed by atoms with van der Waals surface area (Å²) in [5, 5.41) is 20.6. The van der Waals surface area contributed by atoms with Crippen LogP contribution in [0.3, 0.4) is 0 Å². The SMILES string of the molecule is CC1(C)CCCC2(C)C1CCC(C)(O)C2CCC1(C)CC1CO. The van der Waals surface area contributed by atoms with E-state index in [1.807, 2.05) is 0 Å². The van der Waals surface area contributed by atoms with Gasteiger partial charge in [0.05, 0.1) is 5.60 Å². The van der Waals surface area contributed by atoms with Gasteiger partial charge in [-0.3, -0.25) is 0 Å². The molecule has 23 heavy (non-hydrogen) atoms. The predicted molar refractivity (Wildman–Crippen MR) is 95.1 cm³/mol. The molecule has 6 atom stereocenters.